The fourth-order valence-electron chi connectivity index (χ4n) is 3.41. The number of alkyl halides is 3. The van der Waals surface area contributed by atoms with Crippen LogP contribution < -0.4 is 10.6 Å². The quantitative estimate of drug-likeness (QED) is 0.187. The van der Waals surface area contributed by atoms with Crippen LogP contribution in [0.1, 0.15) is 53.9 Å². The molecule has 0 radical (unpaired) electrons. The fraction of sp³-hybridized carbons (Fsp3) is 0.850. The van der Waals surface area contributed by atoms with Crippen LogP contribution >= 0.6 is 0 Å². The van der Waals surface area contributed by atoms with Gasteiger partial charge in [-0.3, -0.25) is 14.1 Å². The number of halogens is 3. The summed E-state index contributed by atoms with van der Waals surface area (Å²) in [6.45, 7) is 5.84. The molecule has 3 unspecified atom stereocenters. The summed E-state index contributed by atoms with van der Waals surface area (Å²) in [5, 5.41) is 13.9. The van der Waals surface area contributed by atoms with Gasteiger partial charge in [0.15, 0.2) is 0 Å². The molecule has 33 heavy (non-hydrogen) atoms. The molecule has 13 heteroatoms. The molecule has 3 atom stereocenters. The minimum absolute atomic E-state index is 0.0478. The highest BCUT2D eigenvalue weighted by Gasteiger charge is 2.40. The number of amides is 1. The van der Waals surface area contributed by atoms with Crippen LogP contribution in [-0.4, -0.2) is 62.0 Å². The Kier molecular flexibility index (Phi) is 11.8. The first-order valence-electron chi connectivity index (χ1n) is 10.5. The van der Waals surface area contributed by atoms with E-state index in [0.717, 1.165) is 0 Å². The Bertz CT molecular complexity index is 811. The Morgan fingerprint density at radius 3 is 2.21 bits per heavy atom. The van der Waals surface area contributed by atoms with E-state index < -0.39 is 63.3 Å². The van der Waals surface area contributed by atoms with Crippen LogP contribution in [0, 0.1) is 28.6 Å². The van der Waals surface area contributed by atoms with E-state index in [0.29, 0.717) is 6.42 Å². The number of nitrogens with zero attached hydrogens (tertiary/aromatic N) is 1. The normalized spacial score (nSPS) is 16.2. The van der Waals surface area contributed by atoms with Crippen molar-refractivity contribution in [2.75, 3.05) is 25.4 Å². The average Bonchev–Trinajstić information content (AvgIpc) is 2.62. The lowest BCUT2D eigenvalue weighted by atomic mass is 9.74. The number of hydrogen-bond donors (Lipinski definition) is 3. The van der Waals surface area contributed by atoms with Crippen molar-refractivity contribution in [2.24, 2.45) is 17.3 Å². The van der Waals surface area contributed by atoms with Gasteiger partial charge in [0.25, 0.3) is 10.1 Å². The molecule has 0 bridgehead atoms. The molecule has 192 valence electrons. The number of nitrogens with one attached hydrogen (secondary N) is 2. The van der Waals surface area contributed by atoms with Crippen LogP contribution in [0.4, 0.5) is 13.2 Å². The number of nitriles is 1. The molecule has 0 aliphatic carbocycles. The summed E-state index contributed by atoms with van der Waals surface area (Å²) in [7, 11) is -4.35. The molecular weight excluding hydrogens is 467 g/mol. The van der Waals surface area contributed by atoms with Gasteiger partial charge < -0.3 is 15.4 Å². The molecular formula is C20H34F3N3O6S. The Balaban J connectivity index is 5.29. The van der Waals surface area contributed by atoms with Gasteiger partial charge in [-0.2, -0.15) is 26.9 Å². The van der Waals surface area contributed by atoms with E-state index in [1.807, 2.05) is 0 Å². The van der Waals surface area contributed by atoms with Crippen molar-refractivity contribution < 1.29 is 40.5 Å². The highest BCUT2D eigenvalue weighted by atomic mass is 32.2. The van der Waals surface area contributed by atoms with Gasteiger partial charge in [-0.1, -0.05) is 13.8 Å². The molecule has 0 aliphatic heterocycles. The lowest BCUT2D eigenvalue weighted by Crippen LogP contribution is -2.50. The van der Waals surface area contributed by atoms with Crippen LogP contribution in [0.2, 0.25) is 0 Å². The van der Waals surface area contributed by atoms with E-state index in [4.69, 9.17) is 9.29 Å². The lowest BCUT2D eigenvalue weighted by molar-refractivity contribution is -0.157. The maximum Gasteiger partial charge on any atom is 0.401 e. The van der Waals surface area contributed by atoms with Crippen LogP contribution in [-0.2, 0) is 24.4 Å². The summed E-state index contributed by atoms with van der Waals surface area (Å²) in [6, 6.07) is 2.08. The molecule has 0 fully saturated rings. The number of rotatable bonds is 14. The van der Waals surface area contributed by atoms with Crippen molar-refractivity contribution in [2.45, 2.75) is 65.6 Å². The number of ether oxygens (including phenoxy) is 1. The van der Waals surface area contributed by atoms with Crippen LogP contribution in [0.3, 0.4) is 0 Å². The minimum atomic E-state index is -4.40. The molecule has 0 aliphatic rings. The first kappa shape index (κ1) is 31.1. The number of esters is 1. The Morgan fingerprint density at radius 2 is 1.76 bits per heavy atom. The van der Waals surface area contributed by atoms with Gasteiger partial charge >= 0.3 is 12.1 Å². The summed E-state index contributed by atoms with van der Waals surface area (Å²) in [5.74, 6) is -3.35. The van der Waals surface area contributed by atoms with Crippen molar-refractivity contribution >= 4 is 22.0 Å². The topological polar surface area (TPSA) is 146 Å². The first-order chi connectivity index (χ1) is 14.8. The third-order valence-electron chi connectivity index (χ3n) is 4.91. The van der Waals surface area contributed by atoms with E-state index in [2.05, 4.69) is 16.7 Å². The molecule has 0 rings (SSSR count). The molecule has 0 saturated carbocycles. The van der Waals surface area contributed by atoms with Crippen LogP contribution in [0.5, 0.6) is 0 Å². The fourth-order valence-corrected chi connectivity index (χ4v) is 4.40. The summed E-state index contributed by atoms with van der Waals surface area (Å²) in [4.78, 5) is 25.4. The maximum absolute atomic E-state index is 12.8. The first-order valence-corrected chi connectivity index (χ1v) is 12.1. The van der Waals surface area contributed by atoms with Gasteiger partial charge in [0, 0.05) is 18.4 Å². The Hall–Kier alpha value is -1.91. The largest absolute Gasteiger partial charge is 0.464 e. The van der Waals surface area contributed by atoms with Crippen molar-refractivity contribution in [3.8, 4) is 6.07 Å². The summed E-state index contributed by atoms with van der Waals surface area (Å²) < 4.78 is 73.1. The zero-order valence-electron chi connectivity index (χ0n) is 19.6. The molecule has 0 aromatic rings. The second-order valence-corrected chi connectivity index (χ2v) is 10.6. The Labute approximate surface area is 193 Å². The zero-order valence-corrected chi connectivity index (χ0v) is 20.4. The molecule has 0 spiro atoms. The summed E-state index contributed by atoms with van der Waals surface area (Å²) in [5.41, 5.74) is -2.57. The lowest BCUT2D eigenvalue weighted by Gasteiger charge is -2.33. The molecule has 9 nitrogen and oxygen atoms in total. The van der Waals surface area contributed by atoms with E-state index in [-0.39, 0.29) is 26.0 Å². The van der Waals surface area contributed by atoms with Gasteiger partial charge in [-0.15, -0.1) is 0 Å². The molecule has 1 amide bonds. The second-order valence-electron chi connectivity index (χ2n) is 9.13. The highest BCUT2D eigenvalue weighted by Crippen LogP contribution is 2.36. The van der Waals surface area contributed by atoms with Crippen molar-refractivity contribution in [1.82, 2.24) is 10.6 Å². The third kappa shape index (κ3) is 13.4. The van der Waals surface area contributed by atoms with Gasteiger partial charge in [0.2, 0.25) is 5.91 Å². The predicted molar refractivity (Wildman–Crippen MR) is 114 cm³/mol. The highest BCUT2D eigenvalue weighted by molar-refractivity contribution is 7.85. The summed E-state index contributed by atoms with van der Waals surface area (Å²) >= 11 is 0. The van der Waals surface area contributed by atoms with Crippen LogP contribution in [0.15, 0.2) is 0 Å². The molecule has 0 heterocycles. The van der Waals surface area contributed by atoms with Gasteiger partial charge in [-0.25, -0.2) is 0 Å². The number of carbonyl (C=O) groups is 2. The van der Waals surface area contributed by atoms with Gasteiger partial charge in [0.05, 0.1) is 29.3 Å². The summed E-state index contributed by atoms with van der Waals surface area (Å²) in [6.07, 6.45) is -3.94. The van der Waals surface area contributed by atoms with Crippen molar-refractivity contribution in [1.29, 1.82) is 5.26 Å². The van der Waals surface area contributed by atoms with E-state index >= 15 is 0 Å². The van der Waals surface area contributed by atoms with Crippen molar-refractivity contribution in [3.63, 3.8) is 0 Å². The monoisotopic (exact) mass is 501 g/mol. The predicted octanol–water partition coefficient (Wildman–Crippen LogP) is 2.44. The molecule has 0 aromatic carbocycles. The smallest absolute Gasteiger partial charge is 0.401 e. The molecule has 0 aromatic heterocycles. The molecule has 0 saturated heterocycles. The number of hydrogen-bond acceptors (Lipinski definition) is 7. The van der Waals surface area contributed by atoms with E-state index in [1.54, 1.807) is 6.92 Å². The van der Waals surface area contributed by atoms with Crippen LogP contribution in [0.25, 0.3) is 0 Å². The maximum atomic E-state index is 12.8. The SMILES string of the molecule is CCC(C#N)CC(C)(CC(C)C(=O)NC(C)(C)CS(=O)(=O)O)C(=O)OCCNCC(F)(F)F. The van der Waals surface area contributed by atoms with Gasteiger partial charge in [0.1, 0.15) is 6.61 Å². The van der Waals surface area contributed by atoms with Crippen molar-refractivity contribution in [3.05, 3.63) is 0 Å². The van der Waals surface area contributed by atoms with E-state index in [1.165, 1.54) is 27.7 Å². The Morgan fingerprint density at radius 1 is 1.18 bits per heavy atom. The third-order valence-corrected chi connectivity index (χ3v) is 6.00. The van der Waals surface area contributed by atoms with E-state index in [9.17, 15) is 36.4 Å². The second kappa shape index (κ2) is 12.5. The molecule has 3 N–H and O–H groups in total. The minimum Gasteiger partial charge on any atom is -0.464 e. The average molecular weight is 502 g/mol. The zero-order chi connectivity index (χ0) is 26.1. The standard InChI is InChI=1S/C20H34F3N3O6S/c1-6-15(11-24)10-19(5,17(28)32-8-7-25-12-20(21,22)23)9-14(2)16(27)26-18(3,4)13-33(29,30)31/h14-15,25H,6-10,12-13H2,1-5H3,(H,26,27)(H,29,30,31). The number of carbonyl (C=O) groups excluding carboxylic acids is 2. The van der Waals surface area contributed by atoms with Gasteiger partial charge in [-0.05, 0) is 40.0 Å².